The highest BCUT2D eigenvalue weighted by molar-refractivity contribution is 5.78. The maximum Gasteiger partial charge on any atom is 0.184 e. The molecule has 0 spiro atoms. The molecule has 1 heterocycles. The van der Waals surface area contributed by atoms with Gasteiger partial charge in [-0.25, -0.2) is 4.99 Å². The number of allylic oxidation sites excluding steroid dienone is 2. The summed E-state index contributed by atoms with van der Waals surface area (Å²) in [5.74, 6) is 0.702. The summed E-state index contributed by atoms with van der Waals surface area (Å²) < 4.78 is 5.50. The van der Waals surface area contributed by atoms with Crippen molar-refractivity contribution in [1.29, 1.82) is 0 Å². The lowest BCUT2D eigenvalue weighted by atomic mass is 10.1. The van der Waals surface area contributed by atoms with Gasteiger partial charge in [0.1, 0.15) is 12.1 Å². The normalized spacial score (nSPS) is 16.0. The summed E-state index contributed by atoms with van der Waals surface area (Å²) in [5.41, 5.74) is -0.794. The van der Waals surface area contributed by atoms with Crippen LogP contribution in [-0.4, -0.2) is 41.5 Å². The van der Waals surface area contributed by atoms with E-state index < -0.39 is 5.54 Å². The van der Waals surface area contributed by atoms with Crippen LogP contribution in [0.2, 0.25) is 0 Å². The topological polar surface area (TPSA) is 62.1 Å². The number of aliphatic imine (C=N–C) groups is 1. The summed E-state index contributed by atoms with van der Waals surface area (Å²) in [7, 11) is 0. The summed E-state index contributed by atoms with van der Waals surface area (Å²) in [6.07, 6.45) is 23.8. The molecule has 2 N–H and O–H groups in total. The van der Waals surface area contributed by atoms with E-state index in [0.717, 1.165) is 12.8 Å². The smallest absolute Gasteiger partial charge is 0.184 e. The molecule has 0 aromatic rings. The molecule has 0 amide bonds. The number of aliphatic hydroxyl groups is 2. The number of ether oxygens (including phenoxy) is 1. The molecule has 1 rings (SSSR count). The van der Waals surface area contributed by atoms with Crippen LogP contribution in [0.15, 0.2) is 17.1 Å². The van der Waals surface area contributed by atoms with Crippen molar-refractivity contribution in [3.63, 3.8) is 0 Å². The van der Waals surface area contributed by atoms with E-state index in [-0.39, 0.29) is 13.2 Å². The lowest BCUT2D eigenvalue weighted by Gasteiger charge is -2.16. The summed E-state index contributed by atoms with van der Waals surface area (Å²) in [4.78, 5) is 4.35. The third kappa shape index (κ3) is 11.5. The first kappa shape index (κ1) is 24.2. The van der Waals surface area contributed by atoms with Gasteiger partial charge in [-0.05, 0) is 32.1 Å². The van der Waals surface area contributed by atoms with Gasteiger partial charge < -0.3 is 14.9 Å². The lowest BCUT2D eigenvalue weighted by Crippen LogP contribution is -2.37. The van der Waals surface area contributed by atoms with E-state index in [1.54, 1.807) is 0 Å². The van der Waals surface area contributed by atoms with E-state index in [9.17, 15) is 10.2 Å². The van der Waals surface area contributed by atoms with Crippen LogP contribution in [0.4, 0.5) is 0 Å². The molecular weight excluding hydrogens is 338 g/mol. The Morgan fingerprint density at radius 1 is 0.815 bits per heavy atom. The second-order valence-electron chi connectivity index (χ2n) is 8.02. The molecule has 0 fully saturated rings. The number of hydrogen-bond acceptors (Lipinski definition) is 4. The summed E-state index contributed by atoms with van der Waals surface area (Å²) in [6.45, 7) is 2.27. The largest absolute Gasteiger partial charge is 0.478 e. The van der Waals surface area contributed by atoms with Crippen LogP contribution >= 0.6 is 0 Å². The van der Waals surface area contributed by atoms with E-state index >= 15 is 0 Å². The lowest BCUT2D eigenvalue weighted by molar-refractivity contribution is 0.0972. The molecule has 4 nitrogen and oxygen atoms in total. The average molecular weight is 382 g/mol. The molecule has 1 aliphatic heterocycles. The van der Waals surface area contributed by atoms with Crippen LogP contribution in [0.3, 0.4) is 0 Å². The second kappa shape index (κ2) is 16.1. The number of hydrogen-bond donors (Lipinski definition) is 2. The summed E-state index contributed by atoms with van der Waals surface area (Å²) in [6, 6.07) is 0. The molecule has 0 aromatic heterocycles. The molecule has 0 saturated heterocycles. The Balaban J connectivity index is 1.85. The highest BCUT2D eigenvalue weighted by Gasteiger charge is 2.35. The molecule has 0 unspecified atom stereocenters. The zero-order valence-corrected chi connectivity index (χ0v) is 17.6. The Hall–Kier alpha value is -0.870. The molecule has 0 radical (unpaired) electrons. The van der Waals surface area contributed by atoms with E-state index in [4.69, 9.17) is 4.74 Å². The average Bonchev–Trinajstić information content (AvgIpc) is 3.12. The third-order valence-electron chi connectivity index (χ3n) is 5.36. The molecule has 158 valence electrons. The minimum absolute atomic E-state index is 0.152. The molecule has 1 aliphatic rings. The standard InChI is InChI=1S/C23H43NO3/c1-2-3-4-5-6-7-8-9-10-11-12-13-14-15-16-17-18-22-24-23(19-25,20-26)21-27-22/h9-10,25-26H,2-8,11-21H2,1H3/b10-9+. The first-order valence-electron chi connectivity index (χ1n) is 11.3. The number of rotatable bonds is 18. The van der Waals surface area contributed by atoms with Crippen molar-refractivity contribution >= 4 is 5.90 Å². The minimum Gasteiger partial charge on any atom is -0.478 e. The molecule has 27 heavy (non-hydrogen) atoms. The van der Waals surface area contributed by atoms with Gasteiger partial charge in [0.25, 0.3) is 0 Å². The van der Waals surface area contributed by atoms with Gasteiger partial charge in [-0.3, -0.25) is 0 Å². The summed E-state index contributed by atoms with van der Waals surface area (Å²) in [5, 5.41) is 18.6. The van der Waals surface area contributed by atoms with Gasteiger partial charge in [-0.1, -0.05) is 76.9 Å². The molecule has 0 atom stereocenters. The van der Waals surface area contributed by atoms with Gasteiger partial charge in [0.15, 0.2) is 5.90 Å². The molecule has 0 saturated carbocycles. The van der Waals surface area contributed by atoms with Crippen molar-refractivity contribution in [3.8, 4) is 0 Å². The maximum absolute atomic E-state index is 9.29. The van der Waals surface area contributed by atoms with Crippen molar-refractivity contribution in [2.24, 2.45) is 4.99 Å². The Kier molecular flexibility index (Phi) is 14.4. The fraction of sp³-hybridized carbons (Fsp3) is 0.870. The zero-order valence-electron chi connectivity index (χ0n) is 17.6. The van der Waals surface area contributed by atoms with Crippen molar-refractivity contribution in [2.45, 2.75) is 109 Å². The van der Waals surface area contributed by atoms with Gasteiger partial charge in [0.2, 0.25) is 0 Å². The van der Waals surface area contributed by atoms with Crippen molar-refractivity contribution in [2.75, 3.05) is 19.8 Å². The van der Waals surface area contributed by atoms with Crippen LogP contribution in [0.5, 0.6) is 0 Å². The van der Waals surface area contributed by atoms with E-state index in [1.807, 2.05) is 0 Å². The molecular formula is C23H43NO3. The molecule has 0 aliphatic carbocycles. The second-order valence-corrected chi connectivity index (χ2v) is 8.02. The van der Waals surface area contributed by atoms with Gasteiger partial charge in [-0.2, -0.15) is 0 Å². The maximum atomic E-state index is 9.29. The predicted octanol–water partition coefficient (Wildman–Crippen LogP) is 5.57. The fourth-order valence-electron chi connectivity index (χ4n) is 3.41. The number of unbranched alkanes of at least 4 members (excludes halogenated alkanes) is 12. The number of nitrogens with zero attached hydrogens (tertiary/aromatic N) is 1. The third-order valence-corrected chi connectivity index (χ3v) is 5.36. The van der Waals surface area contributed by atoms with E-state index in [2.05, 4.69) is 24.1 Å². The molecule has 4 heteroatoms. The van der Waals surface area contributed by atoms with E-state index in [0.29, 0.717) is 12.5 Å². The minimum atomic E-state index is -0.794. The zero-order chi connectivity index (χ0) is 19.6. The van der Waals surface area contributed by atoms with Gasteiger partial charge in [0, 0.05) is 6.42 Å². The monoisotopic (exact) mass is 381 g/mol. The first-order valence-corrected chi connectivity index (χ1v) is 11.3. The first-order chi connectivity index (χ1) is 13.3. The highest BCUT2D eigenvalue weighted by Crippen LogP contribution is 2.20. The Morgan fingerprint density at radius 3 is 1.85 bits per heavy atom. The van der Waals surface area contributed by atoms with E-state index in [1.165, 1.54) is 83.5 Å². The SMILES string of the molecule is CCCCCCCC/C=C/CCCCCCCCC1=NC(CO)(CO)CO1. The fourth-order valence-corrected chi connectivity index (χ4v) is 3.41. The predicted molar refractivity (Wildman–Crippen MR) is 114 cm³/mol. The molecule has 0 aromatic carbocycles. The van der Waals surface area contributed by atoms with Crippen molar-refractivity contribution < 1.29 is 14.9 Å². The van der Waals surface area contributed by atoms with Crippen molar-refractivity contribution in [1.82, 2.24) is 0 Å². The Labute approximate surface area is 167 Å². The van der Waals surface area contributed by atoms with Crippen LogP contribution in [-0.2, 0) is 4.74 Å². The van der Waals surface area contributed by atoms with Gasteiger partial charge in [-0.15, -0.1) is 0 Å². The molecule has 0 bridgehead atoms. The van der Waals surface area contributed by atoms with Crippen LogP contribution in [0.25, 0.3) is 0 Å². The van der Waals surface area contributed by atoms with Crippen LogP contribution in [0, 0.1) is 0 Å². The summed E-state index contributed by atoms with van der Waals surface area (Å²) >= 11 is 0. The van der Waals surface area contributed by atoms with Crippen LogP contribution < -0.4 is 0 Å². The van der Waals surface area contributed by atoms with Crippen molar-refractivity contribution in [3.05, 3.63) is 12.2 Å². The highest BCUT2D eigenvalue weighted by atomic mass is 16.5. The Bertz CT molecular complexity index is 402. The van der Waals surface area contributed by atoms with Crippen LogP contribution in [0.1, 0.15) is 103 Å². The Morgan fingerprint density at radius 2 is 1.33 bits per heavy atom. The van der Waals surface area contributed by atoms with Gasteiger partial charge in [0.05, 0.1) is 13.2 Å². The number of aliphatic hydroxyl groups excluding tert-OH is 2. The quantitative estimate of drug-likeness (QED) is 0.241. The van der Waals surface area contributed by atoms with Gasteiger partial charge >= 0.3 is 0 Å².